The van der Waals surface area contributed by atoms with Gasteiger partial charge in [0.1, 0.15) is 47.1 Å². The van der Waals surface area contributed by atoms with Crippen LogP contribution in [0.25, 0.3) is 0 Å². The van der Waals surface area contributed by atoms with Gasteiger partial charge in [-0.25, -0.2) is 0 Å². The van der Waals surface area contributed by atoms with Crippen molar-refractivity contribution in [3.8, 4) is 106 Å². The molecule has 0 aromatic heterocycles. The third kappa shape index (κ3) is 41.4. The van der Waals surface area contributed by atoms with Crippen LogP contribution in [0, 0.1) is 71.0 Å². The normalized spacial score (nSPS) is 12.7. The smallest absolute Gasteiger partial charge is 0.150 e. The molecular formula is C103H128N6O14. The first-order valence-corrected chi connectivity index (χ1v) is 39.3. The summed E-state index contributed by atoms with van der Waals surface area (Å²) in [7, 11) is 6.02. The lowest BCUT2D eigenvalue weighted by atomic mass is 10.1. The lowest BCUT2D eigenvalue weighted by molar-refractivity contribution is 0.0498. The monoisotopic (exact) mass is 1670 g/mol. The molecule has 0 unspecified atom stereocenters. The van der Waals surface area contributed by atoms with E-state index in [-0.39, 0.29) is 47.0 Å². The molecule has 0 saturated carbocycles. The van der Waals surface area contributed by atoms with Gasteiger partial charge in [0.2, 0.25) is 0 Å². The molecular weight excluding hydrogens is 1550 g/mol. The molecule has 20 heteroatoms. The van der Waals surface area contributed by atoms with Crippen LogP contribution in [0.2, 0.25) is 0 Å². The van der Waals surface area contributed by atoms with Crippen LogP contribution in [0.1, 0.15) is 162 Å². The zero-order chi connectivity index (χ0) is 85.8. The Morgan fingerprint density at radius 2 is 0.748 bits per heavy atom. The Morgan fingerprint density at radius 1 is 0.407 bits per heavy atom. The summed E-state index contributed by atoms with van der Waals surface area (Å²) in [5.41, 5.74) is 24.9. The van der Waals surface area contributed by atoms with Gasteiger partial charge >= 0.3 is 0 Å². The number of nitrogens with one attached hydrogen (secondary N) is 4. The minimum absolute atomic E-state index is 0. The highest BCUT2D eigenvalue weighted by atomic mass is 16.5. The maximum absolute atomic E-state index is 10.9. The Kier molecular flexibility index (Phi) is 55.4. The Labute approximate surface area is 734 Å². The number of methoxy groups -OCH3 is 3. The highest BCUT2D eigenvalue weighted by Gasteiger charge is 2.13. The molecule has 0 atom stereocenters. The molecule has 0 saturated heterocycles. The van der Waals surface area contributed by atoms with Crippen LogP contribution < -0.4 is 46.9 Å². The van der Waals surface area contributed by atoms with E-state index in [1.165, 1.54) is 7.40 Å². The molecule has 0 aliphatic carbocycles. The summed E-state index contributed by atoms with van der Waals surface area (Å²) in [6.45, 7) is 17.7. The van der Waals surface area contributed by atoms with Crippen molar-refractivity contribution in [1.82, 2.24) is 21.3 Å². The molecule has 0 fully saturated rings. The molecule has 11 N–H and O–H groups in total. The van der Waals surface area contributed by atoms with Gasteiger partial charge in [-0.1, -0.05) is 195 Å². The summed E-state index contributed by atoms with van der Waals surface area (Å²) < 4.78 is 55.6. The fourth-order valence-electron chi connectivity index (χ4n) is 11.0. The summed E-state index contributed by atoms with van der Waals surface area (Å²) in [6.07, 6.45) is 2.76. The van der Waals surface area contributed by atoms with Crippen molar-refractivity contribution in [2.45, 2.75) is 96.4 Å². The highest BCUT2D eigenvalue weighted by molar-refractivity contribution is 5.75. The van der Waals surface area contributed by atoms with Crippen LogP contribution in [0.5, 0.6) is 34.5 Å². The van der Waals surface area contributed by atoms with E-state index in [0.717, 1.165) is 111 Å². The second-order valence-corrected chi connectivity index (χ2v) is 26.0. The van der Waals surface area contributed by atoms with Gasteiger partial charge < -0.3 is 90.7 Å². The van der Waals surface area contributed by atoms with Gasteiger partial charge in [-0.3, -0.25) is 9.59 Å². The van der Waals surface area contributed by atoms with Crippen LogP contribution in [0.3, 0.4) is 0 Å². The van der Waals surface area contributed by atoms with Crippen molar-refractivity contribution in [1.29, 1.82) is 0 Å². The zero-order valence-electron chi connectivity index (χ0n) is 70.1. The molecule has 123 heavy (non-hydrogen) atoms. The van der Waals surface area contributed by atoms with Gasteiger partial charge in [-0.2, -0.15) is 0 Å². The molecule has 9 aromatic carbocycles. The van der Waals surface area contributed by atoms with Gasteiger partial charge in [0.05, 0.1) is 117 Å². The largest absolute Gasteiger partial charge is 0.507 e. The molecule has 0 radical (unpaired) electrons. The number of hydrogen-bond donors (Lipinski definition) is 9. The molecule has 0 amide bonds. The second-order valence-electron chi connectivity index (χ2n) is 26.0. The van der Waals surface area contributed by atoms with Gasteiger partial charge in [-0.15, -0.1) is 0 Å². The van der Waals surface area contributed by atoms with Crippen molar-refractivity contribution >= 4 is 12.6 Å². The fourth-order valence-corrected chi connectivity index (χ4v) is 11.0. The van der Waals surface area contributed by atoms with E-state index < -0.39 is 0 Å². The average molecular weight is 1680 g/mol. The predicted molar refractivity (Wildman–Crippen MR) is 498 cm³/mol. The topological polar surface area (TPSA) is 278 Å². The summed E-state index contributed by atoms with van der Waals surface area (Å²) in [4.78, 5) is 21.4. The predicted octanol–water partition coefficient (Wildman–Crippen LogP) is 14.4. The number of nitrogens with two attached hydrogens (primary N) is 2. The van der Waals surface area contributed by atoms with Crippen LogP contribution in [0.4, 0.5) is 0 Å². The molecule has 20 nitrogen and oxygen atoms in total. The molecule has 0 spiro atoms. The number of benzene rings is 9. The van der Waals surface area contributed by atoms with Crippen LogP contribution in [-0.2, 0) is 73.9 Å². The Hall–Kier alpha value is -12.0. The average Bonchev–Trinajstić information content (AvgIpc) is 0.840. The molecule has 16 heterocycles. The summed E-state index contributed by atoms with van der Waals surface area (Å²) in [5, 5.41) is 45.8. The molecule has 25 rings (SSSR count). The first kappa shape index (κ1) is 105. The van der Waals surface area contributed by atoms with E-state index in [4.69, 9.17) is 55.5 Å². The van der Waals surface area contributed by atoms with Gasteiger partial charge in [0, 0.05) is 147 Å². The Balaban J connectivity index is 0.000000893. The quantitative estimate of drug-likeness (QED) is 0.0295. The Bertz CT molecular complexity index is 4710. The third-order valence-corrected chi connectivity index (χ3v) is 17.3. The van der Waals surface area contributed by atoms with E-state index in [1.54, 1.807) is 106 Å². The first-order valence-electron chi connectivity index (χ1n) is 40.3. The maximum Gasteiger partial charge on any atom is 0.150 e. The first-order chi connectivity index (χ1) is 59.0. The summed E-state index contributed by atoms with van der Waals surface area (Å²) >= 11 is 0. The van der Waals surface area contributed by atoms with Gasteiger partial charge in [0.15, 0.2) is 0 Å². The van der Waals surface area contributed by atoms with Crippen LogP contribution >= 0.6 is 0 Å². The number of hydrogen-bond acceptors (Lipinski definition) is 20. The molecule has 16 aliphatic heterocycles. The Morgan fingerprint density at radius 3 is 1.08 bits per heavy atom. The summed E-state index contributed by atoms with van der Waals surface area (Å²) in [6, 6.07) is 56.4. The lowest BCUT2D eigenvalue weighted by Gasteiger charge is -2.09. The number of carbonyl (C=O) groups excluding carboxylic acids is 2. The van der Waals surface area contributed by atoms with E-state index in [9.17, 15) is 24.9 Å². The van der Waals surface area contributed by atoms with Crippen molar-refractivity contribution in [2.24, 2.45) is 11.5 Å². The number of ether oxygens (including phenoxy) is 9. The number of rotatable bonds is 13. The van der Waals surface area contributed by atoms with Crippen molar-refractivity contribution in [3.05, 3.63) is 282 Å². The van der Waals surface area contributed by atoms with Gasteiger partial charge in [-0.05, 0) is 131 Å². The zero-order valence-corrected chi connectivity index (χ0v) is 69.1. The minimum atomic E-state index is 0. The van der Waals surface area contributed by atoms with Crippen molar-refractivity contribution in [2.75, 3.05) is 140 Å². The molecule has 9 aromatic rings. The standard InChI is InChI=1S/C64H68N4O8.C26H18O4.C6H16N2O2.C2H6.5CH4/c1-71-63-43-57-27-25-51-13-21-55(22-14-51)47-67-31-35-75-39-40-76-36-32-68-48-56-23-15-52(16-24-56)26-28-58-44-64(72-2)60(42-62(58)70)8-4-6-50-11-19-54(20-12-50)46-66-30-34-74-38-37-73-33-29-65-45-53-17-9-49(10-18-53)5-3-7-59(63)41-61(57)69;1-30-26-16-23(14-13-20-7-11-22(18-28)12-8-20)25(29)15-24(26)4-2-3-19-5-9-21(17-27)10-6-19;7-1-3-9-5-6-10-4-2-8;1-2;;;;;/h9-24,41-44,65-70H,7-8,29-40,45-48H2,1-2H3;5-12,15-18,29H,4H2,1H3;1-8H2;1-2H3;5*1H4/i;;;;1D;;;;. The van der Waals surface area contributed by atoms with Crippen LogP contribution in [0.15, 0.2) is 182 Å². The number of aldehydes is 2. The third-order valence-electron chi connectivity index (χ3n) is 17.3. The number of carbonyl (C=O) groups is 2. The molecule has 654 valence electrons. The summed E-state index contributed by atoms with van der Waals surface area (Å²) in [5.74, 6) is 39.4. The van der Waals surface area contributed by atoms with E-state index in [2.05, 4.69) is 117 Å². The van der Waals surface area contributed by atoms with Gasteiger partial charge in [0.25, 0.3) is 0 Å². The lowest BCUT2D eigenvalue weighted by Crippen LogP contribution is -2.22. The van der Waals surface area contributed by atoms with Crippen LogP contribution in [-0.4, -0.2) is 168 Å². The van der Waals surface area contributed by atoms with E-state index >= 15 is 0 Å². The highest BCUT2D eigenvalue weighted by Crippen LogP contribution is 2.31. The fraction of sp³-hybridized carbons (Fsp3) is 0.340. The number of phenolic OH excluding ortho intramolecular Hbond substituents is 3. The van der Waals surface area contributed by atoms with Crippen molar-refractivity contribution in [3.63, 3.8) is 0 Å². The SMILES string of the molecule is C.C.C.C.CC.COc1cc(C#Cc2ccc(C=O)cc2)c(O)cc1CC#Cc1ccc(C=O)cc1.COc1cc2c(O)cc1CC#Cc1ccc(cc1)CNCCOCCOCCNCc1ccc(cc1)C#CCc1cc(O)c(cc1OC)C#Cc1ccc(cc1)CNCCOCCOCCNCc1ccc(cc1)C#C2.NCCOCCOCCN.[2H]C. The van der Waals surface area contributed by atoms with E-state index in [1.807, 2.05) is 86.6 Å². The van der Waals surface area contributed by atoms with Crippen molar-refractivity contribution < 1.29 is 68.9 Å². The van der Waals surface area contributed by atoms with E-state index in [0.29, 0.717) is 183 Å². The number of aromatic hydroxyl groups is 3. The number of phenols is 3. The minimum Gasteiger partial charge on any atom is -0.507 e. The molecule has 16 aliphatic rings. The maximum atomic E-state index is 10.9. The second kappa shape index (κ2) is 64.8. The molecule has 12 bridgehead atoms.